The van der Waals surface area contributed by atoms with Crippen molar-refractivity contribution in [3.05, 3.63) is 27.5 Å². The van der Waals surface area contributed by atoms with Crippen molar-refractivity contribution in [3.63, 3.8) is 0 Å². The number of thiophene rings is 1. The van der Waals surface area contributed by atoms with Crippen LogP contribution in [-0.2, 0) is 17.9 Å². The normalized spacial score (nSPS) is 15.4. The smallest absolute Gasteiger partial charge is 0.291 e. The number of hydrogen-bond donors (Lipinski definition) is 0. The van der Waals surface area contributed by atoms with Crippen LogP contribution < -0.4 is 5.56 Å². The molecule has 1 saturated heterocycles. The first-order valence-corrected chi connectivity index (χ1v) is 9.68. The maximum atomic E-state index is 13.0. The summed E-state index contributed by atoms with van der Waals surface area (Å²) in [7, 11) is 0. The lowest BCUT2D eigenvalue weighted by Gasteiger charge is -2.26. The van der Waals surface area contributed by atoms with Crippen LogP contribution in [0, 0.1) is 6.92 Å². The molecule has 0 atom stereocenters. The Morgan fingerprint density at radius 1 is 1.28 bits per heavy atom. The molecule has 0 aliphatic carbocycles. The van der Waals surface area contributed by atoms with Crippen molar-refractivity contribution in [1.29, 1.82) is 0 Å². The number of rotatable bonds is 3. The van der Waals surface area contributed by atoms with Crippen LogP contribution in [0.25, 0.3) is 21.1 Å². The maximum Gasteiger partial charge on any atom is 0.291 e. The van der Waals surface area contributed by atoms with E-state index >= 15 is 0 Å². The quantitative estimate of drug-likeness (QED) is 0.723. The summed E-state index contributed by atoms with van der Waals surface area (Å²) in [5, 5.41) is 5.19. The Bertz CT molecular complexity index is 1010. The second-order valence-electron chi connectivity index (χ2n) is 6.63. The summed E-state index contributed by atoms with van der Waals surface area (Å²) < 4.78 is 4.47. The van der Waals surface area contributed by atoms with Gasteiger partial charge < -0.3 is 9.47 Å². The number of carbonyl (C=O) groups excluding carboxylic acids is 1. The summed E-state index contributed by atoms with van der Waals surface area (Å²) in [6, 6.07) is 2.12. The summed E-state index contributed by atoms with van der Waals surface area (Å²) in [6.45, 7) is 6.43. The minimum atomic E-state index is -0.175. The largest absolute Gasteiger partial charge is 0.341 e. The van der Waals surface area contributed by atoms with Crippen molar-refractivity contribution >= 4 is 38.4 Å². The molecule has 0 saturated carbocycles. The molecule has 4 rings (SSSR count). The standard InChI is InChI=1S/C18H22N4O2S/c1-3-21-14-9-12(2)25-17(14)13-10-19-22(18(24)16(13)21)11-15(23)20-7-5-4-6-8-20/h9-10H,3-8,11H2,1-2H3. The number of aryl methyl sites for hydroxylation is 2. The first-order valence-electron chi connectivity index (χ1n) is 8.86. The molecule has 0 radical (unpaired) electrons. The molecule has 1 amide bonds. The number of aromatic nitrogens is 3. The molecule has 0 unspecified atom stereocenters. The first-order chi connectivity index (χ1) is 12.1. The molecule has 1 aliphatic heterocycles. The molecule has 0 aromatic carbocycles. The highest BCUT2D eigenvalue weighted by Crippen LogP contribution is 2.33. The highest BCUT2D eigenvalue weighted by molar-refractivity contribution is 7.20. The molecule has 7 heteroatoms. The molecule has 0 bridgehead atoms. The minimum absolute atomic E-state index is 0.0130. The number of nitrogens with zero attached hydrogens (tertiary/aromatic N) is 4. The number of carbonyl (C=O) groups is 1. The Labute approximate surface area is 149 Å². The van der Waals surface area contributed by atoms with Crippen molar-refractivity contribution < 1.29 is 4.79 Å². The van der Waals surface area contributed by atoms with Gasteiger partial charge in [-0.3, -0.25) is 9.59 Å². The zero-order valence-corrected chi connectivity index (χ0v) is 15.4. The molecule has 25 heavy (non-hydrogen) atoms. The Balaban J connectivity index is 1.77. The van der Waals surface area contributed by atoms with Crippen LogP contribution >= 0.6 is 11.3 Å². The van der Waals surface area contributed by atoms with Gasteiger partial charge in [0, 0.05) is 29.9 Å². The van der Waals surface area contributed by atoms with Gasteiger partial charge in [0.1, 0.15) is 12.1 Å². The highest BCUT2D eigenvalue weighted by atomic mass is 32.1. The fourth-order valence-corrected chi connectivity index (χ4v) is 4.76. The third-order valence-corrected chi connectivity index (χ3v) is 6.04. The van der Waals surface area contributed by atoms with E-state index in [1.54, 1.807) is 17.5 Å². The molecular weight excluding hydrogens is 336 g/mol. The second-order valence-corrected chi connectivity index (χ2v) is 7.88. The van der Waals surface area contributed by atoms with E-state index in [4.69, 9.17) is 0 Å². The maximum absolute atomic E-state index is 13.0. The monoisotopic (exact) mass is 358 g/mol. The van der Waals surface area contributed by atoms with E-state index in [0.29, 0.717) is 5.52 Å². The van der Waals surface area contributed by atoms with E-state index in [0.717, 1.165) is 48.1 Å². The van der Waals surface area contributed by atoms with Crippen LogP contribution in [0.1, 0.15) is 31.1 Å². The summed E-state index contributed by atoms with van der Waals surface area (Å²) >= 11 is 1.68. The molecule has 3 aromatic rings. The average Bonchev–Trinajstić information content (AvgIpc) is 3.13. The molecule has 132 valence electrons. The topological polar surface area (TPSA) is 60.1 Å². The first kappa shape index (κ1) is 16.3. The molecule has 4 heterocycles. The van der Waals surface area contributed by atoms with Crippen molar-refractivity contribution in [2.45, 2.75) is 46.2 Å². The molecule has 1 fully saturated rings. The van der Waals surface area contributed by atoms with Crippen LogP contribution in [0.2, 0.25) is 0 Å². The van der Waals surface area contributed by atoms with Crippen LogP contribution in [0.4, 0.5) is 0 Å². The van der Waals surface area contributed by atoms with Crippen LogP contribution in [0.15, 0.2) is 17.1 Å². The predicted molar refractivity (Wildman–Crippen MR) is 100 cm³/mol. The van der Waals surface area contributed by atoms with Gasteiger partial charge in [-0.1, -0.05) is 0 Å². The van der Waals surface area contributed by atoms with Gasteiger partial charge in [0.05, 0.1) is 16.4 Å². The number of fused-ring (bicyclic) bond motifs is 3. The van der Waals surface area contributed by atoms with Crippen LogP contribution in [0.5, 0.6) is 0 Å². The van der Waals surface area contributed by atoms with E-state index in [2.05, 4.69) is 18.1 Å². The van der Waals surface area contributed by atoms with Gasteiger partial charge in [-0.15, -0.1) is 11.3 Å². The fraction of sp³-hybridized carbons (Fsp3) is 0.500. The summed E-state index contributed by atoms with van der Waals surface area (Å²) in [5.74, 6) is -0.0130. The molecular formula is C18H22N4O2S. The molecule has 1 aliphatic rings. The van der Waals surface area contributed by atoms with E-state index in [1.165, 1.54) is 16.0 Å². The van der Waals surface area contributed by atoms with E-state index in [9.17, 15) is 9.59 Å². The molecule has 3 aromatic heterocycles. The Morgan fingerprint density at radius 3 is 2.76 bits per heavy atom. The van der Waals surface area contributed by atoms with E-state index < -0.39 is 0 Å². The number of amides is 1. The summed E-state index contributed by atoms with van der Waals surface area (Å²) in [5.41, 5.74) is 1.56. The second kappa shape index (κ2) is 6.29. The lowest BCUT2D eigenvalue weighted by Crippen LogP contribution is -2.40. The van der Waals surface area contributed by atoms with E-state index in [-0.39, 0.29) is 18.0 Å². The third-order valence-electron chi connectivity index (χ3n) is 4.97. The van der Waals surface area contributed by atoms with Gasteiger partial charge >= 0.3 is 0 Å². The third kappa shape index (κ3) is 2.66. The van der Waals surface area contributed by atoms with Gasteiger partial charge in [-0.25, -0.2) is 4.68 Å². The molecule has 0 spiro atoms. The zero-order valence-electron chi connectivity index (χ0n) is 14.6. The van der Waals surface area contributed by atoms with Crippen molar-refractivity contribution in [3.8, 4) is 0 Å². The summed E-state index contributed by atoms with van der Waals surface area (Å²) in [6.07, 6.45) is 5.00. The SMILES string of the molecule is CCn1c2cc(C)sc2c2cnn(CC(=O)N3CCCCC3)c(=O)c21. The van der Waals surface area contributed by atoms with Gasteiger partial charge in [0.2, 0.25) is 5.91 Å². The zero-order chi connectivity index (χ0) is 17.6. The number of hydrogen-bond acceptors (Lipinski definition) is 4. The van der Waals surface area contributed by atoms with Gasteiger partial charge in [0.15, 0.2) is 0 Å². The molecule has 0 N–H and O–H groups in total. The minimum Gasteiger partial charge on any atom is -0.341 e. The van der Waals surface area contributed by atoms with E-state index in [1.807, 2.05) is 16.4 Å². The Hall–Kier alpha value is -2.15. The van der Waals surface area contributed by atoms with Crippen molar-refractivity contribution in [2.24, 2.45) is 0 Å². The number of likely N-dealkylation sites (tertiary alicyclic amines) is 1. The Kier molecular flexibility index (Phi) is 4.11. The van der Waals surface area contributed by atoms with Crippen molar-refractivity contribution in [1.82, 2.24) is 19.2 Å². The average molecular weight is 358 g/mol. The van der Waals surface area contributed by atoms with Crippen molar-refractivity contribution in [2.75, 3.05) is 13.1 Å². The van der Waals surface area contributed by atoms with Gasteiger partial charge in [0.25, 0.3) is 5.56 Å². The van der Waals surface area contributed by atoms with Crippen LogP contribution in [-0.4, -0.2) is 38.2 Å². The molecule has 6 nitrogen and oxygen atoms in total. The van der Waals surface area contributed by atoms with Gasteiger partial charge in [-0.2, -0.15) is 5.10 Å². The number of piperidine rings is 1. The Morgan fingerprint density at radius 2 is 2.04 bits per heavy atom. The fourth-order valence-electron chi connectivity index (χ4n) is 3.73. The highest BCUT2D eigenvalue weighted by Gasteiger charge is 2.21. The lowest BCUT2D eigenvalue weighted by molar-refractivity contribution is -0.133. The summed E-state index contributed by atoms with van der Waals surface area (Å²) in [4.78, 5) is 28.6. The lowest BCUT2D eigenvalue weighted by atomic mass is 10.1. The predicted octanol–water partition coefficient (Wildman–Crippen LogP) is 2.75. The van der Waals surface area contributed by atoms with Crippen LogP contribution in [0.3, 0.4) is 0 Å². The van der Waals surface area contributed by atoms with Gasteiger partial charge in [-0.05, 0) is 39.2 Å².